The predicted octanol–water partition coefficient (Wildman–Crippen LogP) is 3.71. The largest absolute Gasteiger partial charge is 0.507 e. The Morgan fingerprint density at radius 3 is 2.21 bits per heavy atom. The zero-order valence-corrected chi connectivity index (χ0v) is 39.0. The summed E-state index contributed by atoms with van der Waals surface area (Å²) in [6.45, 7) is 4.20. The highest BCUT2D eigenvalue weighted by Crippen LogP contribution is 2.53. The van der Waals surface area contributed by atoms with Crippen LogP contribution in [0.4, 0.5) is 4.79 Å². The Hall–Kier alpha value is -6.70. The van der Waals surface area contributed by atoms with Gasteiger partial charge in [0.15, 0.2) is 17.9 Å². The second-order valence-corrected chi connectivity index (χ2v) is 19.0. The van der Waals surface area contributed by atoms with Gasteiger partial charge in [0.05, 0.1) is 42.0 Å². The monoisotopic (exact) mass is 961 g/mol. The van der Waals surface area contributed by atoms with Crippen molar-refractivity contribution >= 4 is 35.3 Å². The highest BCUT2D eigenvalue weighted by molar-refractivity contribution is 6.31. The molecule has 0 saturated carbocycles. The van der Waals surface area contributed by atoms with Gasteiger partial charge in [-0.3, -0.25) is 24.0 Å². The average Bonchev–Trinajstić information content (AvgIpc) is 3.97. The number of ketones is 3. The molecule has 7 N–H and O–H groups in total. The van der Waals surface area contributed by atoms with E-state index in [1.165, 1.54) is 37.1 Å². The normalized spacial score (nSPS) is 25.0. The molecule has 5 aliphatic rings. The van der Waals surface area contributed by atoms with Crippen molar-refractivity contribution in [2.45, 2.75) is 107 Å². The minimum absolute atomic E-state index is 0.0377. The average molecular weight is 962 g/mol. The number of methoxy groups -OCH3 is 1. The van der Waals surface area contributed by atoms with Gasteiger partial charge in [0.25, 0.3) is 0 Å². The first-order valence-electron chi connectivity index (χ1n) is 23.4. The summed E-state index contributed by atoms with van der Waals surface area (Å²) in [5.41, 5.74) is -0.0585. The van der Waals surface area contributed by atoms with Crippen LogP contribution in [0, 0.1) is 5.92 Å². The van der Waals surface area contributed by atoms with E-state index < -0.39 is 132 Å². The number of phenols is 2. The molecule has 18 heteroatoms. The Kier molecular flexibility index (Phi) is 13.0. The van der Waals surface area contributed by atoms with E-state index in [1.807, 2.05) is 48.5 Å². The summed E-state index contributed by atoms with van der Waals surface area (Å²) in [5, 5.41) is 62.2. The lowest BCUT2D eigenvalue weighted by Gasteiger charge is -2.43. The van der Waals surface area contributed by atoms with Crippen LogP contribution < -0.4 is 15.4 Å². The number of aliphatic hydroxyl groups is 3. The lowest BCUT2D eigenvalue weighted by molar-refractivity contribution is -0.249. The number of aromatic hydroxyl groups is 2. The summed E-state index contributed by atoms with van der Waals surface area (Å²) in [4.78, 5) is 84.3. The number of ether oxygens (including phenoxy) is 4. The molecular weight excluding hydrogens is 907 g/mol. The first-order chi connectivity index (χ1) is 33.5. The van der Waals surface area contributed by atoms with Crippen molar-refractivity contribution in [1.82, 2.24) is 15.5 Å². The number of Topliss-reactive ketones (excluding diaryl/α,β-unsaturated/α-hetero) is 1. The number of nitrogens with one attached hydrogen (secondary N) is 2. The number of amides is 3. The van der Waals surface area contributed by atoms with E-state index in [0.29, 0.717) is 6.42 Å². The van der Waals surface area contributed by atoms with Crippen molar-refractivity contribution in [2.75, 3.05) is 26.9 Å². The molecule has 0 aromatic heterocycles. The second kappa shape index (κ2) is 18.9. The number of phenolic OH excluding ortho intramolecular Hbond substituents is 2. The van der Waals surface area contributed by atoms with Gasteiger partial charge < -0.3 is 60.0 Å². The van der Waals surface area contributed by atoms with E-state index in [-0.39, 0.29) is 59.9 Å². The number of rotatable bonds is 12. The Labute approximate surface area is 402 Å². The van der Waals surface area contributed by atoms with E-state index in [2.05, 4.69) is 10.6 Å². The van der Waals surface area contributed by atoms with Crippen LogP contribution in [-0.2, 0) is 35.0 Å². The zero-order valence-electron chi connectivity index (χ0n) is 39.0. The van der Waals surface area contributed by atoms with E-state index in [4.69, 9.17) is 18.9 Å². The summed E-state index contributed by atoms with van der Waals surface area (Å²) in [6, 6.07) is 17.0. The number of carbonyl (C=O) groups is 6. The van der Waals surface area contributed by atoms with Crippen LogP contribution in [0.25, 0.3) is 11.1 Å². The number of benzene rings is 4. The third-order valence-electron chi connectivity index (χ3n) is 14.5. The fourth-order valence-corrected chi connectivity index (χ4v) is 10.9. The third kappa shape index (κ3) is 8.26. The molecule has 0 bridgehead atoms. The minimum atomic E-state index is -2.40. The maximum absolute atomic E-state index is 14.2. The molecule has 2 saturated heterocycles. The summed E-state index contributed by atoms with van der Waals surface area (Å²) in [7, 11) is 1.30. The quantitative estimate of drug-likeness (QED) is 0.0879. The molecule has 70 heavy (non-hydrogen) atoms. The van der Waals surface area contributed by atoms with Crippen LogP contribution >= 0.6 is 0 Å². The number of alkyl carbamates (subject to hydrolysis) is 1. The van der Waals surface area contributed by atoms with Gasteiger partial charge in [-0.05, 0) is 54.0 Å². The van der Waals surface area contributed by atoms with Crippen molar-refractivity contribution in [3.8, 4) is 28.4 Å². The topological polar surface area (TPSA) is 268 Å². The Morgan fingerprint density at radius 2 is 1.56 bits per heavy atom. The van der Waals surface area contributed by atoms with Gasteiger partial charge in [-0.1, -0.05) is 74.5 Å². The lowest BCUT2D eigenvalue weighted by Crippen LogP contribution is -2.60. The van der Waals surface area contributed by atoms with Crippen molar-refractivity contribution in [3.05, 3.63) is 111 Å². The molecule has 368 valence electrons. The summed E-state index contributed by atoms with van der Waals surface area (Å²) >= 11 is 0. The Bertz CT molecular complexity index is 2770. The van der Waals surface area contributed by atoms with Crippen LogP contribution in [-0.4, -0.2) is 135 Å². The standard InChI is InChI=1S/C52H55N3O15/c1-24(2)43(54-51(65)68-23-32-28-13-7-5-11-26(28)27-12-6-8-14-29(27)32)50(64)55-18-10-16-34(55)49(63)53-33-19-38(69-25(3)44(33)58)70-36-21-52(66,37(57)22-56)20-31-40(36)48(62)42-41(46(31)60)45(59)30-15-9-17-35(67-4)39(30)47(42)61/h5-9,11-15,17,24-25,32-34,36,38,43-44,56,58,60,62,66H,10,16,18-23H2,1-4H3,(H,53,63)(H,54,65)/t25-,33-,34-,36-,38-,43-,44+,52-/m0/s1. The molecule has 8 atom stereocenters. The summed E-state index contributed by atoms with van der Waals surface area (Å²) in [6.07, 6.45) is -6.74. The van der Waals surface area contributed by atoms with E-state index in [0.717, 1.165) is 22.3 Å². The molecule has 4 aromatic carbocycles. The number of aliphatic hydroxyl groups excluding tert-OH is 2. The maximum atomic E-state index is 14.2. The van der Waals surface area contributed by atoms with E-state index >= 15 is 0 Å². The summed E-state index contributed by atoms with van der Waals surface area (Å²) < 4.78 is 23.5. The molecule has 18 nitrogen and oxygen atoms in total. The number of likely N-dealkylation sites (tertiary alicyclic amines) is 1. The fourth-order valence-electron chi connectivity index (χ4n) is 10.9. The lowest BCUT2D eigenvalue weighted by atomic mass is 9.72. The van der Waals surface area contributed by atoms with Gasteiger partial charge in [-0.15, -0.1) is 0 Å². The molecule has 9 rings (SSSR count). The predicted molar refractivity (Wildman–Crippen MR) is 247 cm³/mol. The van der Waals surface area contributed by atoms with Gasteiger partial charge in [-0.2, -0.15) is 0 Å². The second-order valence-electron chi connectivity index (χ2n) is 19.0. The highest BCUT2D eigenvalue weighted by Gasteiger charge is 2.51. The van der Waals surface area contributed by atoms with Crippen LogP contribution in [0.3, 0.4) is 0 Å². The van der Waals surface area contributed by atoms with Crippen molar-refractivity contribution in [1.29, 1.82) is 0 Å². The molecule has 2 heterocycles. The van der Waals surface area contributed by atoms with Crippen LogP contribution in [0.15, 0.2) is 66.7 Å². The van der Waals surface area contributed by atoms with Crippen LogP contribution in [0.1, 0.15) is 113 Å². The van der Waals surface area contributed by atoms with Gasteiger partial charge >= 0.3 is 6.09 Å². The minimum Gasteiger partial charge on any atom is -0.507 e. The zero-order chi connectivity index (χ0) is 49.9. The highest BCUT2D eigenvalue weighted by atomic mass is 16.7. The number of fused-ring (bicyclic) bond motifs is 6. The van der Waals surface area contributed by atoms with Gasteiger partial charge in [-0.25, -0.2) is 4.79 Å². The number of nitrogens with zero attached hydrogens (tertiary/aromatic N) is 1. The Balaban J connectivity index is 0.911. The molecule has 0 radical (unpaired) electrons. The molecule has 2 fully saturated rings. The fraction of sp³-hybridized carbons (Fsp3) is 0.423. The van der Waals surface area contributed by atoms with Gasteiger partial charge in [0, 0.05) is 48.4 Å². The number of hydrogen-bond donors (Lipinski definition) is 7. The first kappa shape index (κ1) is 48.3. The maximum Gasteiger partial charge on any atom is 0.407 e. The molecule has 4 aromatic rings. The first-order valence-corrected chi connectivity index (χ1v) is 23.4. The van der Waals surface area contributed by atoms with Crippen LogP contribution in [0.2, 0.25) is 0 Å². The molecule has 3 amide bonds. The Morgan fingerprint density at radius 1 is 0.900 bits per heavy atom. The smallest absolute Gasteiger partial charge is 0.407 e. The molecule has 3 aliphatic carbocycles. The molecule has 2 aliphatic heterocycles. The summed E-state index contributed by atoms with van der Waals surface area (Å²) in [5.74, 6) is -5.90. The number of carbonyl (C=O) groups excluding carboxylic acids is 6. The van der Waals surface area contributed by atoms with Gasteiger partial charge in [0.2, 0.25) is 17.6 Å². The van der Waals surface area contributed by atoms with E-state index in [9.17, 15) is 54.3 Å². The van der Waals surface area contributed by atoms with Crippen LogP contribution in [0.5, 0.6) is 17.2 Å². The van der Waals surface area contributed by atoms with Crippen molar-refractivity contribution in [3.63, 3.8) is 0 Å². The van der Waals surface area contributed by atoms with Crippen molar-refractivity contribution in [2.24, 2.45) is 5.92 Å². The molecule has 0 unspecified atom stereocenters. The van der Waals surface area contributed by atoms with Crippen molar-refractivity contribution < 1.29 is 73.2 Å². The molecular formula is C52H55N3O15. The molecule has 0 spiro atoms. The van der Waals surface area contributed by atoms with E-state index in [1.54, 1.807) is 13.8 Å². The SMILES string of the molecule is COc1cccc2c1C(=O)c1c(O)c3c(c(O)c1C2=O)C[C@@](O)(C(=O)CO)C[C@@H]3O[C@H]1C[C@H](NC(=O)[C@@H]2CCCN2C(=O)[C@@H](NC(=O)OCC2c3ccccc3-c3ccccc32)C(C)C)[C@H](O)[C@H](C)O1. The van der Waals surface area contributed by atoms with Gasteiger partial charge in [0.1, 0.15) is 54.3 Å². The third-order valence-corrected chi connectivity index (χ3v) is 14.5. The number of hydrogen-bond acceptors (Lipinski definition) is 15.